The molecule has 1 atom stereocenters. The predicted octanol–water partition coefficient (Wildman–Crippen LogP) is 0.436. The highest BCUT2D eigenvalue weighted by Crippen LogP contribution is 2.34. The summed E-state index contributed by atoms with van der Waals surface area (Å²) in [5.41, 5.74) is 6.55. The molecule has 1 saturated heterocycles. The molecule has 8 nitrogen and oxygen atoms in total. The average Bonchev–Trinajstić information content (AvgIpc) is 3.15. The first kappa shape index (κ1) is 15.3. The fourth-order valence-electron chi connectivity index (χ4n) is 3.24. The highest BCUT2D eigenvalue weighted by Gasteiger charge is 2.38. The molecule has 2 aromatic rings. The van der Waals surface area contributed by atoms with Crippen molar-refractivity contribution < 1.29 is 9.59 Å². The third kappa shape index (κ3) is 2.71. The molecule has 0 radical (unpaired) electrons. The predicted molar refractivity (Wildman–Crippen MR) is 82.8 cm³/mol. The van der Waals surface area contributed by atoms with Gasteiger partial charge in [-0.1, -0.05) is 6.92 Å². The molecule has 3 N–H and O–H groups in total. The largest absolute Gasteiger partial charge is 0.365 e. The van der Waals surface area contributed by atoms with E-state index in [2.05, 4.69) is 15.3 Å². The fourth-order valence-corrected chi connectivity index (χ4v) is 3.24. The summed E-state index contributed by atoms with van der Waals surface area (Å²) in [4.78, 5) is 26.0. The first-order valence-corrected chi connectivity index (χ1v) is 7.53. The molecule has 0 aliphatic carbocycles. The summed E-state index contributed by atoms with van der Waals surface area (Å²) in [6.45, 7) is 3.18. The van der Waals surface area contributed by atoms with Crippen LogP contribution in [-0.4, -0.2) is 49.8 Å². The second kappa shape index (κ2) is 5.53. The third-order valence-electron chi connectivity index (χ3n) is 4.42. The van der Waals surface area contributed by atoms with Gasteiger partial charge in [-0.05, 0) is 18.9 Å². The van der Waals surface area contributed by atoms with Gasteiger partial charge in [0.1, 0.15) is 5.69 Å². The Hall–Kier alpha value is -2.64. The Morgan fingerprint density at radius 2 is 2.22 bits per heavy atom. The Kier molecular flexibility index (Phi) is 3.67. The van der Waals surface area contributed by atoms with Gasteiger partial charge in [-0.2, -0.15) is 10.2 Å². The minimum atomic E-state index is -0.511. The summed E-state index contributed by atoms with van der Waals surface area (Å²) < 4.78 is 1.61. The van der Waals surface area contributed by atoms with Crippen LogP contribution in [0.4, 0.5) is 0 Å². The molecule has 0 saturated carbocycles. The summed E-state index contributed by atoms with van der Waals surface area (Å²) >= 11 is 0. The SMILES string of the molecule is Cn1ccc(C(=O)N2CCCC(C)(c3[nH]ncc3C(N)=O)C2)n1. The van der Waals surface area contributed by atoms with E-state index in [1.165, 1.54) is 6.20 Å². The molecule has 2 aromatic heterocycles. The Balaban J connectivity index is 1.86. The average molecular weight is 316 g/mol. The summed E-state index contributed by atoms with van der Waals surface area (Å²) in [7, 11) is 1.78. The van der Waals surface area contributed by atoms with Gasteiger partial charge >= 0.3 is 0 Å². The van der Waals surface area contributed by atoms with Crippen molar-refractivity contribution in [2.75, 3.05) is 13.1 Å². The van der Waals surface area contributed by atoms with Crippen LogP contribution in [0, 0.1) is 0 Å². The molecule has 3 heterocycles. The molecule has 0 bridgehead atoms. The third-order valence-corrected chi connectivity index (χ3v) is 4.42. The number of amides is 2. The van der Waals surface area contributed by atoms with Crippen LogP contribution in [0.5, 0.6) is 0 Å². The normalized spacial score (nSPS) is 21.4. The van der Waals surface area contributed by atoms with Crippen LogP contribution in [0.15, 0.2) is 18.5 Å². The zero-order chi connectivity index (χ0) is 16.6. The minimum Gasteiger partial charge on any atom is -0.365 e. The molecule has 1 aliphatic rings. The van der Waals surface area contributed by atoms with E-state index < -0.39 is 5.91 Å². The van der Waals surface area contributed by atoms with Crippen molar-refractivity contribution in [3.05, 3.63) is 35.4 Å². The molecule has 2 amide bonds. The Morgan fingerprint density at radius 1 is 1.43 bits per heavy atom. The molecule has 1 fully saturated rings. The number of hydrogen-bond acceptors (Lipinski definition) is 4. The second-order valence-electron chi connectivity index (χ2n) is 6.29. The van der Waals surface area contributed by atoms with Gasteiger partial charge in [-0.15, -0.1) is 0 Å². The van der Waals surface area contributed by atoms with Crippen molar-refractivity contribution >= 4 is 11.8 Å². The number of hydrogen-bond donors (Lipinski definition) is 2. The Bertz CT molecular complexity index is 749. The summed E-state index contributed by atoms with van der Waals surface area (Å²) in [5.74, 6) is -0.611. The molecule has 0 aromatic carbocycles. The summed E-state index contributed by atoms with van der Waals surface area (Å²) in [6, 6.07) is 1.71. The van der Waals surface area contributed by atoms with Crippen LogP contribution in [0.1, 0.15) is 46.3 Å². The minimum absolute atomic E-state index is 0.100. The number of H-pyrrole nitrogens is 1. The van der Waals surface area contributed by atoms with Gasteiger partial charge in [-0.3, -0.25) is 19.4 Å². The van der Waals surface area contributed by atoms with E-state index in [1.54, 1.807) is 28.9 Å². The number of carbonyl (C=O) groups excluding carboxylic acids is 2. The van der Waals surface area contributed by atoms with E-state index in [9.17, 15) is 9.59 Å². The summed E-state index contributed by atoms with van der Waals surface area (Å²) in [6.07, 6.45) is 4.88. The van der Waals surface area contributed by atoms with E-state index in [0.717, 1.165) is 12.8 Å². The number of carbonyl (C=O) groups is 2. The fraction of sp³-hybridized carbons (Fsp3) is 0.467. The van der Waals surface area contributed by atoms with Crippen molar-refractivity contribution in [2.24, 2.45) is 12.8 Å². The highest BCUT2D eigenvalue weighted by atomic mass is 16.2. The van der Waals surface area contributed by atoms with E-state index >= 15 is 0 Å². The zero-order valence-corrected chi connectivity index (χ0v) is 13.2. The van der Waals surface area contributed by atoms with Gasteiger partial charge in [-0.25, -0.2) is 0 Å². The van der Waals surface area contributed by atoms with Crippen LogP contribution in [0.3, 0.4) is 0 Å². The van der Waals surface area contributed by atoms with Crippen LogP contribution in [0.2, 0.25) is 0 Å². The van der Waals surface area contributed by atoms with Crippen LogP contribution in [0.25, 0.3) is 0 Å². The van der Waals surface area contributed by atoms with Crippen molar-refractivity contribution in [3.8, 4) is 0 Å². The number of primary amides is 1. The van der Waals surface area contributed by atoms with E-state index in [-0.39, 0.29) is 11.3 Å². The number of nitrogens with one attached hydrogen (secondary N) is 1. The monoisotopic (exact) mass is 316 g/mol. The molecule has 3 rings (SSSR count). The maximum Gasteiger partial charge on any atom is 0.274 e. The summed E-state index contributed by atoms with van der Waals surface area (Å²) in [5, 5.41) is 11.0. The lowest BCUT2D eigenvalue weighted by Crippen LogP contribution is -2.48. The number of aryl methyl sites for hydroxylation is 1. The highest BCUT2D eigenvalue weighted by molar-refractivity contribution is 5.94. The van der Waals surface area contributed by atoms with Crippen molar-refractivity contribution in [1.82, 2.24) is 24.9 Å². The zero-order valence-electron chi connectivity index (χ0n) is 13.2. The maximum atomic E-state index is 12.6. The van der Waals surface area contributed by atoms with Crippen LogP contribution in [-0.2, 0) is 12.5 Å². The van der Waals surface area contributed by atoms with Gasteiger partial charge in [0.05, 0.1) is 17.5 Å². The number of piperidine rings is 1. The Labute approximate surface area is 133 Å². The van der Waals surface area contributed by atoms with Crippen LogP contribution >= 0.6 is 0 Å². The molecule has 8 heteroatoms. The first-order chi connectivity index (χ1) is 10.9. The second-order valence-corrected chi connectivity index (χ2v) is 6.29. The first-order valence-electron chi connectivity index (χ1n) is 7.53. The molecule has 0 spiro atoms. The van der Waals surface area contributed by atoms with E-state index in [4.69, 9.17) is 5.73 Å². The van der Waals surface area contributed by atoms with E-state index in [1.807, 2.05) is 6.92 Å². The lowest BCUT2D eigenvalue weighted by molar-refractivity contribution is 0.0640. The molecule has 122 valence electrons. The smallest absolute Gasteiger partial charge is 0.274 e. The number of nitrogens with zero attached hydrogens (tertiary/aromatic N) is 4. The van der Waals surface area contributed by atoms with Gasteiger partial charge in [0.15, 0.2) is 0 Å². The standard InChI is InChI=1S/C15H20N6O2/c1-15(12-10(13(16)22)8-17-18-12)5-3-6-21(9-15)14(23)11-4-7-20(2)19-11/h4,7-8H,3,5-6,9H2,1-2H3,(H2,16,22)(H,17,18). The number of nitrogens with two attached hydrogens (primary N) is 1. The van der Waals surface area contributed by atoms with Gasteiger partial charge < -0.3 is 10.6 Å². The Morgan fingerprint density at radius 3 is 2.87 bits per heavy atom. The molecular formula is C15H20N6O2. The molecule has 23 heavy (non-hydrogen) atoms. The lowest BCUT2D eigenvalue weighted by Gasteiger charge is -2.40. The topological polar surface area (TPSA) is 110 Å². The molecular weight excluding hydrogens is 296 g/mol. The van der Waals surface area contributed by atoms with Gasteiger partial charge in [0.2, 0.25) is 0 Å². The van der Waals surface area contributed by atoms with Gasteiger partial charge in [0, 0.05) is 31.7 Å². The molecule has 1 unspecified atom stereocenters. The number of likely N-dealkylation sites (tertiary alicyclic amines) is 1. The lowest BCUT2D eigenvalue weighted by atomic mass is 9.77. The number of aromatic nitrogens is 4. The van der Waals surface area contributed by atoms with Crippen LogP contribution < -0.4 is 5.73 Å². The number of aromatic amines is 1. The maximum absolute atomic E-state index is 12.6. The molecule has 1 aliphatic heterocycles. The van der Waals surface area contributed by atoms with Crippen molar-refractivity contribution in [3.63, 3.8) is 0 Å². The van der Waals surface area contributed by atoms with Crippen molar-refractivity contribution in [1.29, 1.82) is 0 Å². The van der Waals surface area contributed by atoms with Crippen molar-refractivity contribution in [2.45, 2.75) is 25.2 Å². The quantitative estimate of drug-likeness (QED) is 0.856. The van der Waals surface area contributed by atoms with Gasteiger partial charge in [0.25, 0.3) is 11.8 Å². The number of rotatable bonds is 3. The van der Waals surface area contributed by atoms with E-state index in [0.29, 0.717) is 30.0 Å².